The Kier molecular flexibility index (Phi) is 5.29. The molecule has 138 valence electrons. The molecule has 27 heavy (non-hydrogen) atoms. The van der Waals surface area contributed by atoms with Gasteiger partial charge in [0.25, 0.3) is 0 Å². The van der Waals surface area contributed by atoms with Crippen molar-refractivity contribution in [1.29, 1.82) is 0 Å². The van der Waals surface area contributed by atoms with Gasteiger partial charge in [0.15, 0.2) is 5.82 Å². The van der Waals surface area contributed by atoms with E-state index < -0.39 is 0 Å². The summed E-state index contributed by atoms with van der Waals surface area (Å²) in [6.07, 6.45) is 8.88. The molecule has 7 heteroatoms. The van der Waals surface area contributed by atoms with Crippen LogP contribution in [0.4, 0.5) is 16.2 Å². The van der Waals surface area contributed by atoms with Gasteiger partial charge >= 0.3 is 0 Å². The van der Waals surface area contributed by atoms with Gasteiger partial charge in [0.05, 0.1) is 11.9 Å². The summed E-state index contributed by atoms with van der Waals surface area (Å²) in [6.45, 7) is 2.80. The molecule has 1 atom stereocenters. The SMILES string of the molecule is Fc1ccc(CN2CCCC(c3ccnc(Nc4cnccn4)n3)C2)cc1. The van der Waals surface area contributed by atoms with Gasteiger partial charge in [0, 0.05) is 37.6 Å². The highest BCUT2D eigenvalue weighted by atomic mass is 19.1. The Labute approximate surface area is 157 Å². The van der Waals surface area contributed by atoms with Crippen molar-refractivity contribution in [3.8, 4) is 0 Å². The van der Waals surface area contributed by atoms with Crippen molar-refractivity contribution in [1.82, 2.24) is 24.8 Å². The number of hydrogen-bond acceptors (Lipinski definition) is 6. The number of piperidine rings is 1. The molecule has 1 aromatic carbocycles. The van der Waals surface area contributed by atoms with E-state index in [1.165, 1.54) is 12.1 Å². The summed E-state index contributed by atoms with van der Waals surface area (Å²) in [4.78, 5) is 19.6. The molecule has 6 nitrogen and oxygen atoms in total. The number of nitrogens with zero attached hydrogens (tertiary/aromatic N) is 5. The average Bonchev–Trinajstić information content (AvgIpc) is 2.71. The maximum absolute atomic E-state index is 13.1. The zero-order valence-electron chi connectivity index (χ0n) is 14.9. The molecule has 1 aliphatic rings. The number of halogens is 1. The van der Waals surface area contributed by atoms with Gasteiger partial charge in [-0.05, 0) is 43.1 Å². The van der Waals surface area contributed by atoms with Gasteiger partial charge in [-0.1, -0.05) is 12.1 Å². The minimum Gasteiger partial charge on any atom is -0.307 e. The molecule has 4 rings (SSSR count). The van der Waals surface area contributed by atoms with E-state index in [1.807, 2.05) is 18.2 Å². The van der Waals surface area contributed by atoms with Crippen molar-refractivity contribution < 1.29 is 4.39 Å². The minimum absolute atomic E-state index is 0.195. The lowest BCUT2D eigenvalue weighted by Gasteiger charge is -2.32. The predicted molar refractivity (Wildman–Crippen MR) is 101 cm³/mol. The average molecular weight is 364 g/mol. The maximum Gasteiger partial charge on any atom is 0.228 e. The summed E-state index contributed by atoms with van der Waals surface area (Å²) in [6, 6.07) is 8.73. The lowest BCUT2D eigenvalue weighted by molar-refractivity contribution is 0.198. The van der Waals surface area contributed by atoms with Crippen LogP contribution in [0.25, 0.3) is 0 Å². The van der Waals surface area contributed by atoms with Crippen molar-refractivity contribution in [3.63, 3.8) is 0 Å². The summed E-state index contributed by atoms with van der Waals surface area (Å²) in [7, 11) is 0. The first-order valence-electron chi connectivity index (χ1n) is 9.09. The molecule has 0 amide bonds. The van der Waals surface area contributed by atoms with Crippen LogP contribution in [0.1, 0.15) is 30.0 Å². The third-order valence-corrected chi connectivity index (χ3v) is 4.72. The number of likely N-dealkylation sites (tertiary alicyclic amines) is 1. The number of nitrogens with one attached hydrogen (secondary N) is 1. The van der Waals surface area contributed by atoms with Crippen LogP contribution in [0.5, 0.6) is 0 Å². The highest BCUT2D eigenvalue weighted by molar-refractivity contribution is 5.45. The Hall–Kier alpha value is -2.93. The second kappa shape index (κ2) is 8.18. The van der Waals surface area contributed by atoms with Crippen LogP contribution in [-0.2, 0) is 6.54 Å². The standard InChI is InChI=1S/C20H21FN6/c21-17-5-3-15(4-6-17)13-27-11-1-2-16(14-27)18-7-8-24-20(25-18)26-19-12-22-9-10-23-19/h3-10,12,16H,1-2,11,13-14H2,(H,23,24,25,26). The van der Waals surface area contributed by atoms with E-state index in [9.17, 15) is 4.39 Å². The molecule has 2 aromatic heterocycles. The summed E-state index contributed by atoms with van der Waals surface area (Å²) in [5.41, 5.74) is 2.16. The van der Waals surface area contributed by atoms with Crippen LogP contribution in [0.2, 0.25) is 0 Å². The number of rotatable bonds is 5. The molecule has 0 spiro atoms. The molecule has 0 bridgehead atoms. The molecular formula is C20H21FN6. The van der Waals surface area contributed by atoms with Gasteiger partial charge in [-0.25, -0.2) is 19.3 Å². The molecule has 0 aliphatic carbocycles. The normalized spacial score (nSPS) is 17.6. The van der Waals surface area contributed by atoms with Crippen molar-refractivity contribution in [2.24, 2.45) is 0 Å². The van der Waals surface area contributed by atoms with Crippen LogP contribution in [-0.4, -0.2) is 37.9 Å². The van der Waals surface area contributed by atoms with Crippen LogP contribution >= 0.6 is 0 Å². The van der Waals surface area contributed by atoms with E-state index in [-0.39, 0.29) is 5.82 Å². The second-order valence-corrected chi connectivity index (χ2v) is 6.72. The summed E-state index contributed by atoms with van der Waals surface area (Å²) < 4.78 is 13.1. The summed E-state index contributed by atoms with van der Waals surface area (Å²) in [5.74, 6) is 1.31. The summed E-state index contributed by atoms with van der Waals surface area (Å²) in [5, 5.41) is 3.09. The second-order valence-electron chi connectivity index (χ2n) is 6.72. The Morgan fingerprint density at radius 3 is 2.78 bits per heavy atom. The van der Waals surface area contributed by atoms with Gasteiger partial charge in [-0.2, -0.15) is 0 Å². The van der Waals surface area contributed by atoms with Gasteiger partial charge < -0.3 is 5.32 Å². The molecule has 3 heterocycles. The van der Waals surface area contributed by atoms with Crippen molar-refractivity contribution in [3.05, 3.63) is 72.2 Å². The fourth-order valence-corrected chi connectivity index (χ4v) is 3.43. The van der Waals surface area contributed by atoms with E-state index in [0.717, 1.165) is 43.7 Å². The van der Waals surface area contributed by atoms with E-state index >= 15 is 0 Å². The predicted octanol–water partition coefficient (Wildman–Crippen LogP) is 3.53. The number of benzene rings is 1. The summed E-state index contributed by atoms with van der Waals surface area (Å²) >= 11 is 0. The monoisotopic (exact) mass is 364 g/mol. The lowest BCUT2D eigenvalue weighted by atomic mass is 9.94. The Morgan fingerprint density at radius 1 is 1.07 bits per heavy atom. The third-order valence-electron chi connectivity index (χ3n) is 4.72. The van der Waals surface area contributed by atoms with E-state index in [1.54, 1.807) is 24.8 Å². The first-order valence-corrected chi connectivity index (χ1v) is 9.09. The highest BCUT2D eigenvalue weighted by Gasteiger charge is 2.23. The minimum atomic E-state index is -0.195. The topological polar surface area (TPSA) is 66.8 Å². The first kappa shape index (κ1) is 17.5. The van der Waals surface area contributed by atoms with Crippen molar-refractivity contribution in [2.75, 3.05) is 18.4 Å². The maximum atomic E-state index is 13.1. The molecule has 0 saturated carbocycles. The van der Waals surface area contributed by atoms with Crippen LogP contribution in [0, 0.1) is 5.82 Å². The Morgan fingerprint density at radius 2 is 1.96 bits per heavy atom. The van der Waals surface area contributed by atoms with E-state index in [0.29, 0.717) is 17.7 Å². The number of hydrogen-bond donors (Lipinski definition) is 1. The lowest BCUT2D eigenvalue weighted by Crippen LogP contribution is -2.34. The fourth-order valence-electron chi connectivity index (χ4n) is 3.43. The van der Waals surface area contributed by atoms with Gasteiger partial charge in [-0.3, -0.25) is 9.88 Å². The molecular weight excluding hydrogens is 343 g/mol. The van der Waals surface area contributed by atoms with Gasteiger partial charge in [-0.15, -0.1) is 0 Å². The smallest absolute Gasteiger partial charge is 0.228 e. The number of aromatic nitrogens is 4. The molecule has 1 saturated heterocycles. The van der Waals surface area contributed by atoms with E-state index in [4.69, 9.17) is 0 Å². The largest absolute Gasteiger partial charge is 0.307 e. The number of anilines is 2. The molecule has 3 aromatic rings. The molecule has 1 unspecified atom stereocenters. The third kappa shape index (κ3) is 4.62. The molecule has 1 aliphatic heterocycles. The molecule has 0 radical (unpaired) electrons. The van der Waals surface area contributed by atoms with Gasteiger partial charge in [0.1, 0.15) is 5.82 Å². The van der Waals surface area contributed by atoms with Crippen molar-refractivity contribution in [2.45, 2.75) is 25.3 Å². The first-order chi connectivity index (χ1) is 13.3. The fraction of sp³-hybridized carbons (Fsp3) is 0.300. The Balaban J connectivity index is 1.43. The van der Waals surface area contributed by atoms with Crippen LogP contribution in [0.3, 0.4) is 0 Å². The zero-order chi connectivity index (χ0) is 18.5. The molecule has 1 fully saturated rings. The van der Waals surface area contributed by atoms with Gasteiger partial charge in [0.2, 0.25) is 5.95 Å². The quantitative estimate of drug-likeness (QED) is 0.747. The van der Waals surface area contributed by atoms with Crippen molar-refractivity contribution >= 4 is 11.8 Å². The van der Waals surface area contributed by atoms with Crippen LogP contribution < -0.4 is 5.32 Å². The Bertz CT molecular complexity index is 871. The van der Waals surface area contributed by atoms with E-state index in [2.05, 4.69) is 30.2 Å². The molecule has 1 N–H and O–H groups in total. The highest BCUT2D eigenvalue weighted by Crippen LogP contribution is 2.27. The van der Waals surface area contributed by atoms with Crippen LogP contribution in [0.15, 0.2) is 55.1 Å². The zero-order valence-corrected chi connectivity index (χ0v) is 14.9.